The number of unbranched alkanes of at least 4 members (excludes halogenated alkanes) is 1. The molecule has 1 heterocycles. The maximum Gasteiger partial charge on any atom is 0.222 e. The lowest BCUT2D eigenvalue weighted by Crippen LogP contribution is -2.48. The molecule has 2 rings (SSSR count). The van der Waals surface area contributed by atoms with Crippen LogP contribution in [-0.4, -0.2) is 44.1 Å². The van der Waals surface area contributed by atoms with Crippen molar-refractivity contribution >= 4 is 11.6 Å². The third kappa shape index (κ3) is 3.65. The fourth-order valence-electron chi connectivity index (χ4n) is 2.51. The van der Waals surface area contributed by atoms with Crippen molar-refractivity contribution in [3.05, 3.63) is 24.3 Å². The number of hydrogen-bond acceptors (Lipinski definition) is 3. The van der Waals surface area contributed by atoms with Crippen LogP contribution in [0.25, 0.3) is 0 Å². The highest BCUT2D eigenvalue weighted by Gasteiger charge is 2.20. The monoisotopic (exact) mass is 276 g/mol. The number of methoxy groups -OCH3 is 1. The Kier molecular flexibility index (Phi) is 5.27. The SMILES string of the molecule is CCCCC(=O)N1CCN(c2cccc(OC)c2)CC1. The first-order valence-corrected chi connectivity index (χ1v) is 7.41. The van der Waals surface area contributed by atoms with E-state index in [9.17, 15) is 4.79 Å². The van der Waals surface area contributed by atoms with Crippen molar-refractivity contribution in [1.29, 1.82) is 0 Å². The highest BCUT2D eigenvalue weighted by Crippen LogP contribution is 2.22. The van der Waals surface area contributed by atoms with Gasteiger partial charge in [-0.1, -0.05) is 19.4 Å². The van der Waals surface area contributed by atoms with Crippen LogP contribution in [0.4, 0.5) is 5.69 Å². The minimum atomic E-state index is 0.303. The van der Waals surface area contributed by atoms with Crippen LogP contribution in [0.3, 0.4) is 0 Å². The second-order valence-corrected chi connectivity index (χ2v) is 5.17. The van der Waals surface area contributed by atoms with Gasteiger partial charge >= 0.3 is 0 Å². The van der Waals surface area contributed by atoms with E-state index in [0.29, 0.717) is 12.3 Å². The number of carbonyl (C=O) groups excluding carboxylic acids is 1. The van der Waals surface area contributed by atoms with Crippen LogP contribution in [0.1, 0.15) is 26.2 Å². The van der Waals surface area contributed by atoms with E-state index in [0.717, 1.165) is 44.8 Å². The van der Waals surface area contributed by atoms with Crippen molar-refractivity contribution in [3.63, 3.8) is 0 Å². The molecule has 1 aromatic rings. The second kappa shape index (κ2) is 7.17. The topological polar surface area (TPSA) is 32.8 Å². The van der Waals surface area contributed by atoms with Crippen molar-refractivity contribution in [2.24, 2.45) is 0 Å². The number of hydrogen-bond donors (Lipinski definition) is 0. The Labute approximate surface area is 121 Å². The van der Waals surface area contributed by atoms with E-state index in [4.69, 9.17) is 4.74 Å². The zero-order valence-corrected chi connectivity index (χ0v) is 12.5. The Morgan fingerprint density at radius 2 is 2.00 bits per heavy atom. The van der Waals surface area contributed by atoms with Gasteiger partial charge in [0.05, 0.1) is 7.11 Å². The van der Waals surface area contributed by atoms with Crippen LogP contribution in [-0.2, 0) is 4.79 Å². The molecule has 20 heavy (non-hydrogen) atoms. The van der Waals surface area contributed by atoms with Gasteiger partial charge in [-0.2, -0.15) is 0 Å². The molecule has 1 amide bonds. The van der Waals surface area contributed by atoms with Crippen LogP contribution in [0, 0.1) is 0 Å². The van der Waals surface area contributed by atoms with Crippen molar-refractivity contribution in [1.82, 2.24) is 4.90 Å². The first-order valence-electron chi connectivity index (χ1n) is 7.41. The Morgan fingerprint density at radius 3 is 2.65 bits per heavy atom. The van der Waals surface area contributed by atoms with Crippen molar-refractivity contribution < 1.29 is 9.53 Å². The summed E-state index contributed by atoms with van der Waals surface area (Å²) in [5.41, 5.74) is 1.17. The van der Waals surface area contributed by atoms with Crippen LogP contribution in [0.15, 0.2) is 24.3 Å². The normalized spacial score (nSPS) is 15.3. The van der Waals surface area contributed by atoms with Crippen LogP contribution in [0.5, 0.6) is 5.75 Å². The summed E-state index contributed by atoms with van der Waals surface area (Å²) >= 11 is 0. The summed E-state index contributed by atoms with van der Waals surface area (Å²) in [6, 6.07) is 8.10. The summed E-state index contributed by atoms with van der Waals surface area (Å²) in [6.07, 6.45) is 2.76. The molecule has 0 bridgehead atoms. The summed E-state index contributed by atoms with van der Waals surface area (Å²) in [5, 5.41) is 0. The molecule has 4 heteroatoms. The summed E-state index contributed by atoms with van der Waals surface area (Å²) in [6.45, 7) is 5.55. The maximum atomic E-state index is 12.0. The van der Waals surface area contributed by atoms with Gasteiger partial charge in [0.25, 0.3) is 0 Å². The van der Waals surface area contributed by atoms with Gasteiger partial charge in [-0.05, 0) is 18.6 Å². The molecule has 110 valence electrons. The Bertz CT molecular complexity index is 440. The zero-order chi connectivity index (χ0) is 14.4. The first kappa shape index (κ1) is 14.7. The highest BCUT2D eigenvalue weighted by atomic mass is 16.5. The summed E-state index contributed by atoms with van der Waals surface area (Å²) in [4.78, 5) is 16.3. The standard InChI is InChI=1S/C16H24N2O2/c1-3-4-8-16(19)18-11-9-17(10-12-18)14-6-5-7-15(13-14)20-2/h5-7,13H,3-4,8-12H2,1-2H3. The van der Waals surface area contributed by atoms with Gasteiger partial charge in [-0.25, -0.2) is 0 Å². The number of anilines is 1. The number of ether oxygens (including phenoxy) is 1. The molecule has 4 nitrogen and oxygen atoms in total. The molecule has 1 saturated heterocycles. The molecular weight excluding hydrogens is 252 g/mol. The molecule has 0 N–H and O–H groups in total. The third-order valence-electron chi connectivity index (χ3n) is 3.80. The Hall–Kier alpha value is -1.71. The minimum absolute atomic E-state index is 0.303. The molecule has 0 saturated carbocycles. The van der Waals surface area contributed by atoms with E-state index >= 15 is 0 Å². The van der Waals surface area contributed by atoms with Gasteiger partial charge in [-0.3, -0.25) is 4.79 Å². The second-order valence-electron chi connectivity index (χ2n) is 5.17. The molecular formula is C16H24N2O2. The molecule has 0 aliphatic carbocycles. The van der Waals surface area contributed by atoms with E-state index in [2.05, 4.69) is 24.0 Å². The molecule has 0 unspecified atom stereocenters. The predicted molar refractivity (Wildman–Crippen MR) is 81.3 cm³/mol. The average molecular weight is 276 g/mol. The van der Waals surface area contributed by atoms with Gasteiger partial charge in [0.15, 0.2) is 0 Å². The lowest BCUT2D eigenvalue weighted by molar-refractivity contribution is -0.131. The van der Waals surface area contributed by atoms with E-state index < -0.39 is 0 Å². The van der Waals surface area contributed by atoms with Gasteiger partial charge < -0.3 is 14.5 Å². The molecule has 1 aliphatic heterocycles. The largest absolute Gasteiger partial charge is 0.497 e. The van der Waals surface area contributed by atoms with E-state index in [-0.39, 0.29) is 0 Å². The number of benzene rings is 1. The number of rotatable bonds is 5. The number of nitrogens with zero attached hydrogens (tertiary/aromatic N) is 2. The maximum absolute atomic E-state index is 12.0. The van der Waals surface area contributed by atoms with Crippen LogP contribution < -0.4 is 9.64 Å². The smallest absolute Gasteiger partial charge is 0.222 e. The molecule has 1 aliphatic rings. The fourth-order valence-corrected chi connectivity index (χ4v) is 2.51. The molecule has 0 atom stereocenters. The lowest BCUT2D eigenvalue weighted by Gasteiger charge is -2.36. The number of piperazine rings is 1. The van der Waals surface area contributed by atoms with Gasteiger partial charge in [0, 0.05) is 44.4 Å². The summed E-state index contributed by atoms with van der Waals surface area (Å²) in [7, 11) is 1.68. The first-order chi connectivity index (χ1) is 9.74. The minimum Gasteiger partial charge on any atom is -0.497 e. The zero-order valence-electron chi connectivity index (χ0n) is 12.5. The van der Waals surface area contributed by atoms with E-state index in [1.165, 1.54) is 5.69 Å². The molecule has 0 spiro atoms. The quantitative estimate of drug-likeness (QED) is 0.828. The summed E-state index contributed by atoms with van der Waals surface area (Å²) < 4.78 is 5.26. The predicted octanol–water partition coefficient (Wildman–Crippen LogP) is 2.53. The average Bonchev–Trinajstić information content (AvgIpc) is 2.52. The van der Waals surface area contributed by atoms with Gasteiger partial charge in [-0.15, -0.1) is 0 Å². The molecule has 0 aromatic heterocycles. The molecule has 1 fully saturated rings. The van der Waals surface area contributed by atoms with Gasteiger partial charge in [0.1, 0.15) is 5.75 Å². The van der Waals surface area contributed by atoms with Crippen molar-refractivity contribution in [3.8, 4) is 5.75 Å². The Balaban J connectivity index is 1.88. The van der Waals surface area contributed by atoms with Crippen LogP contribution >= 0.6 is 0 Å². The number of carbonyl (C=O) groups is 1. The number of amides is 1. The Morgan fingerprint density at radius 1 is 1.25 bits per heavy atom. The summed E-state index contributed by atoms with van der Waals surface area (Å²) in [5.74, 6) is 1.18. The molecule has 1 aromatic carbocycles. The van der Waals surface area contributed by atoms with Crippen molar-refractivity contribution in [2.45, 2.75) is 26.2 Å². The molecule has 0 radical (unpaired) electrons. The highest BCUT2D eigenvalue weighted by molar-refractivity contribution is 5.76. The fraction of sp³-hybridized carbons (Fsp3) is 0.562. The van der Waals surface area contributed by atoms with E-state index in [1.54, 1.807) is 7.11 Å². The third-order valence-corrected chi connectivity index (χ3v) is 3.80. The van der Waals surface area contributed by atoms with Crippen molar-refractivity contribution in [2.75, 3.05) is 38.2 Å². The van der Waals surface area contributed by atoms with Gasteiger partial charge in [0.2, 0.25) is 5.91 Å². The van der Waals surface area contributed by atoms with E-state index in [1.807, 2.05) is 17.0 Å². The van der Waals surface area contributed by atoms with Crippen LogP contribution in [0.2, 0.25) is 0 Å². The lowest BCUT2D eigenvalue weighted by atomic mass is 10.2.